The molecule has 1 aliphatic rings. The van der Waals surface area contributed by atoms with Crippen molar-refractivity contribution in [3.8, 4) is 0 Å². The highest BCUT2D eigenvalue weighted by Gasteiger charge is 2.65. The first kappa shape index (κ1) is 22.8. The molecule has 31 heavy (non-hydrogen) atoms. The van der Waals surface area contributed by atoms with Crippen molar-refractivity contribution in [2.45, 2.75) is 36.9 Å². The highest BCUT2D eigenvalue weighted by Crippen LogP contribution is 2.44. The van der Waals surface area contributed by atoms with E-state index in [1.807, 2.05) is 0 Å². The predicted octanol–water partition coefficient (Wildman–Crippen LogP) is 3.54. The summed E-state index contributed by atoms with van der Waals surface area (Å²) in [6.07, 6.45) is -24.6. The molecule has 1 aliphatic heterocycles. The molecule has 2 aromatic rings. The molecule has 0 saturated heterocycles. The fourth-order valence-electron chi connectivity index (χ4n) is 2.43. The first-order chi connectivity index (χ1) is 13.7. The Hall–Kier alpha value is -2.86. The van der Waals surface area contributed by atoms with Crippen LogP contribution in [-0.2, 0) is 12.4 Å². The number of alkyl halides is 12. The zero-order valence-corrected chi connectivity index (χ0v) is 14.0. The van der Waals surface area contributed by atoms with E-state index in [2.05, 4.69) is 20.2 Å². The minimum absolute atomic E-state index is 0.470. The molecule has 3 rings (SSSR count). The lowest BCUT2D eigenvalue weighted by atomic mass is 10.1. The molecule has 1 atom stereocenters. The highest BCUT2D eigenvalue weighted by molar-refractivity contribution is 5.93. The van der Waals surface area contributed by atoms with Crippen LogP contribution in [0.25, 0.3) is 5.78 Å². The summed E-state index contributed by atoms with van der Waals surface area (Å²) < 4.78 is 156. The number of halogens is 12. The van der Waals surface area contributed by atoms with Gasteiger partial charge in [0.2, 0.25) is 0 Å². The van der Waals surface area contributed by atoms with E-state index in [4.69, 9.17) is 0 Å². The van der Waals surface area contributed by atoms with E-state index < -0.39 is 81.3 Å². The fraction of sp³-hybridized carbons (Fsp3) is 0.500. The average molecular weight is 476 g/mol. The summed E-state index contributed by atoms with van der Waals surface area (Å²) >= 11 is 0. The SMILES string of the molecule is OC1(C(F)(F)F)CC(C(F)(F)F)=NN1c1nc2nc(C(F)(F)F)cc(C(F)(F)F)n2n1. The van der Waals surface area contributed by atoms with Crippen molar-refractivity contribution < 1.29 is 57.8 Å². The van der Waals surface area contributed by atoms with Crippen LogP contribution in [0.1, 0.15) is 17.8 Å². The predicted molar refractivity (Wildman–Crippen MR) is 72.4 cm³/mol. The van der Waals surface area contributed by atoms with Crippen LogP contribution >= 0.6 is 0 Å². The number of rotatable bonds is 1. The van der Waals surface area contributed by atoms with E-state index in [9.17, 15) is 57.8 Å². The van der Waals surface area contributed by atoms with Crippen LogP contribution in [0, 0.1) is 0 Å². The Morgan fingerprint density at radius 3 is 1.87 bits per heavy atom. The molecule has 0 bridgehead atoms. The second-order valence-electron chi connectivity index (χ2n) is 5.99. The molecular weight excluding hydrogens is 472 g/mol. The smallest absolute Gasteiger partial charge is 0.362 e. The normalized spacial score (nSPS) is 21.2. The van der Waals surface area contributed by atoms with Crippen LogP contribution in [0.3, 0.4) is 0 Å². The minimum atomic E-state index is -5.86. The molecule has 0 saturated carbocycles. The largest absolute Gasteiger partial charge is 0.438 e. The lowest BCUT2D eigenvalue weighted by Gasteiger charge is -2.31. The van der Waals surface area contributed by atoms with Gasteiger partial charge in [-0.2, -0.15) is 72.3 Å². The summed E-state index contributed by atoms with van der Waals surface area (Å²) in [5.74, 6) is -3.27. The van der Waals surface area contributed by atoms with Crippen LogP contribution < -0.4 is 5.01 Å². The Kier molecular flexibility index (Phi) is 4.66. The number of anilines is 1. The van der Waals surface area contributed by atoms with Crippen molar-refractivity contribution in [1.29, 1.82) is 0 Å². The summed E-state index contributed by atoms with van der Waals surface area (Å²) in [4.78, 5) is 5.60. The number of nitrogens with zero attached hydrogens (tertiary/aromatic N) is 6. The Balaban J connectivity index is 2.27. The topological polar surface area (TPSA) is 78.9 Å². The quantitative estimate of drug-likeness (QED) is 0.638. The second kappa shape index (κ2) is 6.33. The molecule has 0 radical (unpaired) electrons. The van der Waals surface area contributed by atoms with Crippen LogP contribution in [0.4, 0.5) is 58.6 Å². The maximum Gasteiger partial charge on any atom is 0.438 e. The van der Waals surface area contributed by atoms with Crippen molar-refractivity contribution in [2.75, 3.05) is 5.01 Å². The summed E-state index contributed by atoms with van der Waals surface area (Å²) in [7, 11) is 0. The molecular formula is C12H4F12N6O. The minimum Gasteiger partial charge on any atom is -0.362 e. The fourth-order valence-corrected chi connectivity index (χ4v) is 2.43. The van der Waals surface area contributed by atoms with Gasteiger partial charge >= 0.3 is 24.7 Å². The summed E-state index contributed by atoms with van der Waals surface area (Å²) in [5, 5.41) is 14.3. The lowest BCUT2D eigenvalue weighted by Crippen LogP contribution is -2.55. The van der Waals surface area contributed by atoms with E-state index in [1.165, 1.54) is 0 Å². The number of fused-ring (bicyclic) bond motifs is 1. The molecule has 1 unspecified atom stereocenters. The van der Waals surface area contributed by atoms with Gasteiger partial charge in [0.05, 0.1) is 6.42 Å². The van der Waals surface area contributed by atoms with Gasteiger partial charge in [-0.25, -0.2) is 4.98 Å². The molecule has 0 amide bonds. The number of hydrogen-bond donors (Lipinski definition) is 1. The molecule has 172 valence electrons. The molecule has 7 nitrogen and oxygen atoms in total. The molecule has 3 heterocycles. The van der Waals surface area contributed by atoms with Crippen LogP contribution in [-0.4, -0.2) is 48.5 Å². The van der Waals surface area contributed by atoms with Gasteiger partial charge in [-0.15, -0.1) is 5.10 Å². The third kappa shape index (κ3) is 3.81. The van der Waals surface area contributed by atoms with Gasteiger partial charge in [-0.3, -0.25) is 0 Å². The summed E-state index contributed by atoms with van der Waals surface area (Å²) in [5.41, 5.74) is -11.0. The standard InChI is InChI=1S/C12H4F12N6O/c13-9(14,15)3-1-5(11(19,20)21)29-6(25-3)26-7(28-29)30-8(31,12(22,23)24)2-4(27-30)10(16,17)18/h1,31H,2H2. The Morgan fingerprint density at radius 1 is 0.839 bits per heavy atom. The first-order valence-electron chi connectivity index (χ1n) is 7.41. The van der Waals surface area contributed by atoms with E-state index in [-0.39, 0.29) is 0 Å². The average Bonchev–Trinajstić information content (AvgIpc) is 3.12. The van der Waals surface area contributed by atoms with Crippen molar-refractivity contribution in [2.24, 2.45) is 5.10 Å². The Bertz CT molecular complexity index is 1050. The molecule has 0 aliphatic carbocycles. The van der Waals surface area contributed by atoms with Crippen molar-refractivity contribution in [1.82, 2.24) is 19.6 Å². The number of aliphatic hydroxyl groups is 1. The van der Waals surface area contributed by atoms with Gasteiger partial charge in [-0.1, -0.05) is 0 Å². The summed E-state index contributed by atoms with van der Waals surface area (Å²) in [6, 6.07) is -0.532. The number of aromatic nitrogens is 4. The highest BCUT2D eigenvalue weighted by atomic mass is 19.4. The zero-order chi connectivity index (χ0) is 23.8. The third-order valence-corrected chi connectivity index (χ3v) is 3.84. The lowest BCUT2D eigenvalue weighted by molar-refractivity contribution is -0.255. The van der Waals surface area contributed by atoms with Gasteiger partial charge in [0.25, 0.3) is 17.5 Å². The van der Waals surface area contributed by atoms with E-state index in [0.717, 1.165) is 0 Å². The van der Waals surface area contributed by atoms with E-state index in [1.54, 1.807) is 0 Å². The number of hydrazone groups is 1. The molecule has 2 aromatic heterocycles. The maximum atomic E-state index is 13.2. The van der Waals surface area contributed by atoms with Crippen LogP contribution in [0.15, 0.2) is 11.2 Å². The monoisotopic (exact) mass is 476 g/mol. The molecule has 19 heteroatoms. The van der Waals surface area contributed by atoms with Gasteiger partial charge in [-0.05, 0) is 6.07 Å². The van der Waals surface area contributed by atoms with E-state index in [0.29, 0.717) is 0 Å². The van der Waals surface area contributed by atoms with Crippen molar-refractivity contribution in [3.05, 3.63) is 17.5 Å². The third-order valence-electron chi connectivity index (χ3n) is 3.84. The molecule has 0 spiro atoms. The van der Waals surface area contributed by atoms with Crippen molar-refractivity contribution in [3.63, 3.8) is 0 Å². The zero-order valence-electron chi connectivity index (χ0n) is 14.0. The summed E-state index contributed by atoms with van der Waals surface area (Å²) in [6.45, 7) is 0. The molecule has 1 N–H and O–H groups in total. The second-order valence-corrected chi connectivity index (χ2v) is 5.99. The van der Waals surface area contributed by atoms with Gasteiger partial charge in [0.15, 0.2) is 11.4 Å². The Morgan fingerprint density at radius 2 is 1.42 bits per heavy atom. The molecule has 0 aromatic carbocycles. The van der Waals surface area contributed by atoms with Gasteiger partial charge < -0.3 is 5.11 Å². The van der Waals surface area contributed by atoms with Crippen molar-refractivity contribution >= 4 is 17.4 Å². The molecule has 0 fully saturated rings. The van der Waals surface area contributed by atoms with Gasteiger partial charge in [0, 0.05) is 0 Å². The van der Waals surface area contributed by atoms with Crippen LogP contribution in [0.2, 0.25) is 0 Å². The van der Waals surface area contributed by atoms with Crippen LogP contribution in [0.5, 0.6) is 0 Å². The maximum absolute atomic E-state index is 13.2. The first-order valence-corrected chi connectivity index (χ1v) is 7.41. The van der Waals surface area contributed by atoms with E-state index >= 15 is 0 Å². The number of hydrogen-bond acceptors (Lipinski definition) is 6. The Labute approximate surface area is 160 Å². The van der Waals surface area contributed by atoms with Gasteiger partial charge in [0.1, 0.15) is 5.71 Å².